The zero-order valence-electron chi connectivity index (χ0n) is 12.4. The van der Waals surface area contributed by atoms with Gasteiger partial charge in [-0.15, -0.1) is 0 Å². The number of hydrogen-bond donors (Lipinski definition) is 1. The van der Waals surface area contributed by atoms with Crippen LogP contribution in [0.2, 0.25) is 0 Å². The van der Waals surface area contributed by atoms with E-state index in [1.54, 1.807) is 13.0 Å². The molecule has 0 saturated heterocycles. The summed E-state index contributed by atoms with van der Waals surface area (Å²) in [5, 5.41) is 9.17. The highest BCUT2D eigenvalue weighted by Gasteiger charge is 2.31. The highest BCUT2D eigenvalue weighted by Crippen LogP contribution is 2.32. The average molecular weight is 291 g/mol. The van der Waals surface area contributed by atoms with E-state index in [-0.39, 0.29) is 18.3 Å². The van der Waals surface area contributed by atoms with E-state index in [0.29, 0.717) is 29.5 Å². The van der Waals surface area contributed by atoms with Gasteiger partial charge in [-0.05, 0) is 67.7 Å². The Bertz CT molecular complexity index is 550. The van der Waals surface area contributed by atoms with Gasteiger partial charge in [-0.3, -0.25) is 4.79 Å². The molecule has 0 unspecified atom stereocenters. The van der Waals surface area contributed by atoms with Crippen LogP contribution in [-0.2, 0) is 6.54 Å². The third kappa shape index (κ3) is 2.82. The summed E-state index contributed by atoms with van der Waals surface area (Å²) in [7, 11) is 0. The van der Waals surface area contributed by atoms with Crippen molar-refractivity contribution in [1.82, 2.24) is 4.90 Å². The van der Waals surface area contributed by atoms with Crippen LogP contribution < -0.4 is 0 Å². The predicted molar refractivity (Wildman–Crippen MR) is 78.4 cm³/mol. The van der Waals surface area contributed by atoms with Crippen LogP contribution in [0, 0.1) is 24.6 Å². The lowest BCUT2D eigenvalue weighted by Gasteiger charge is -2.30. The zero-order chi connectivity index (χ0) is 15.0. The minimum atomic E-state index is -0.230. The molecule has 1 aromatic carbocycles. The van der Waals surface area contributed by atoms with Crippen molar-refractivity contribution in [1.29, 1.82) is 0 Å². The summed E-state index contributed by atoms with van der Waals surface area (Å²) in [6.45, 7) is 3.26. The predicted octanol–water partition coefficient (Wildman–Crippen LogP) is 2.89. The second-order valence-electron chi connectivity index (χ2n) is 6.51. The molecule has 1 saturated carbocycles. The number of aliphatic hydroxyl groups excluding tert-OH is 1. The second kappa shape index (κ2) is 5.76. The summed E-state index contributed by atoms with van der Waals surface area (Å²) >= 11 is 0. The Labute approximate surface area is 124 Å². The number of aryl methyl sites for hydroxylation is 1. The molecule has 1 heterocycles. The van der Waals surface area contributed by atoms with Crippen molar-refractivity contribution in [3.8, 4) is 0 Å². The molecule has 21 heavy (non-hydrogen) atoms. The minimum absolute atomic E-state index is 0.0392. The molecule has 1 aromatic rings. The number of halogens is 1. The van der Waals surface area contributed by atoms with Gasteiger partial charge in [0, 0.05) is 25.3 Å². The molecule has 0 radical (unpaired) electrons. The Balaban J connectivity index is 1.65. The summed E-state index contributed by atoms with van der Waals surface area (Å²) in [6, 6.07) is 3.18. The number of amides is 1. The van der Waals surface area contributed by atoms with Gasteiger partial charge in [-0.1, -0.05) is 0 Å². The van der Waals surface area contributed by atoms with Crippen molar-refractivity contribution < 1.29 is 14.3 Å². The van der Waals surface area contributed by atoms with Gasteiger partial charge >= 0.3 is 0 Å². The summed E-state index contributed by atoms with van der Waals surface area (Å²) in [5.74, 6) is 0.755. The van der Waals surface area contributed by atoms with Gasteiger partial charge in [0.05, 0.1) is 0 Å². The lowest BCUT2D eigenvalue weighted by atomic mass is 9.82. The monoisotopic (exact) mass is 291 g/mol. The maximum atomic E-state index is 13.6. The Kier molecular flexibility index (Phi) is 3.98. The van der Waals surface area contributed by atoms with E-state index >= 15 is 0 Å². The van der Waals surface area contributed by atoms with Gasteiger partial charge in [0.2, 0.25) is 0 Å². The maximum Gasteiger partial charge on any atom is 0.254 e. The quantitative estimate of drug-likeness (QED) is 0.930. The van der Waals surface area contributed by atoms with Crippen molar-refractivity contribution in [3.63, 3.8) is 0 Å². The van der Waals surface area contributed by atoms with Crippen LogP contribution in [0.4, 0.5) is 4.39 Å². The largest absolute Gasteiger partial charge is 0.396 e. The van der Waals surface area contributed by atoms with Crippen molar-refractivity contribution in [2.75, 3.05) is 13.2 Å². The first-order valence-corrected chi connectivity index (χ1v) is 7.77. The summed E-state index contributed by atoms with van der Waals surface area (Å²) in [6.07, 6.45) is 4.23. The van der Waals surface area contributed by atoms with Gasteiger partial charge in [0.15, 0.2) is 0 Å². The fraction of sp³-hybridized carbons (Fsp3) is 0.588. The SMILES string of the molecule is Cc1cc2c(cc1F)CN(C[C@H]1CC[C@H](CO)CC1)C2=O. The van der Waals surface area contributed by atoms with E-state index in [1.165, 1.54) is 6.07 Å². The molecule has 4 heteroatoms. The normalized spacial score (nSPS) is 25.3. The first-order valence-electron chi connectivity index (χ1n) is 7.77. The van der Waals surface area contributed by atoms with Crippen molar-refractivity contribution in [3.05, 3.63) is 34.6 Å². The van der Waals surface area contributed by atoms with Gasteiger partial charge in [-0.25, -0.2) is 4.39 Å². The van der Waals surface area contributed by atoms with E-state index in [1.807, 2.05) is 4.90 Å². The van der Waals surface area contributed by atoms with Crippen LogP contribution in [0.3, 0.4) is 0 Å². The molecular formula is C17H22FNO2. The lowest BCUT2D eigenvalue weighted by Crippen LogP contribution is -2.32. The first kappa shape index (κ1) is 14.5. The standard InChI is InChI=1S/C17H22FNO2/c1-11-6-15-14(7-16(11)18)9-19(17(15)21)8-12-2-4-13(10-20)5-3-12/h6-7,12-13,20H,2-5,8-10H2,1H3/t12-,13-. The Morgan fingerprint density at radius 1 is 1.24 bits per heavy atom. The summed E-state index contributed by atoms with van der Waals surface area (Å²) in [5.41, 5.74) is 2.01. The van der Waals surface area contributed by atoms with Crippen molar-refractivity contribution in [2.24, 2.45) is 11.8 Å². The van der Waals surface area contributed by atoms with E-state index in [0.717, 1.165) is 37.8 Å². The van der Waals surface area contributed by atoms with Gasteiger partial charge < -0.3 is 10.0 Å². The molecular weight excluding hydrogens is 269 g/mol. The fourth-order valence-electron chi connectivity index (χ4n) is 3.56. The van der Waals surface area contributed by atoms with Gasteiger partial charge in [-0.2, -0.15) is 0 Å². The van der Waals surface area contributed by atoms with Gasteiger partial charge in [0.1, 0.15) is 5.82 Å². The third-order valence-corrected chi connectivity index (χ3v) is 4.97. The Morgan fingerprint density at radius 2 is 1.90 bits per heavy atom. The van der Waals surface area contributed by atoms with Crippen LogP contribution in [0.15, 0.2) is 12.1 Å². The van der Waals surface area contributed by atoms with E-state index < -0.39 is 0 Å². The molecule has 2 aliphatic rings. The van der Waals surface area contributed by atoms with Crippen LogP contribution in [0.5, 0.6) is 0 Å². The molecule has 0 bridgehead atoms. The molecule has 1 aliphatic carbocycles. The number of nitrogens with zero attached hydrogens (tertiary/aromatic N) is 1. The first-order chi connectivity index (χ1) is 10.1. The zero-order valence-corrected chi connectivity index (χ0v) is 12.4. The van der Waals surface area contributed by atoms with Crippen LogP contribution in [0.1, 0.15) is 47.2 Å². The molecule has 1 fully saturated rings. The smallest absolute Gasteiger partial charge is 0.254 e. The summed E-state index contributed by atoms with van der Waals surface area (Å²) in [4.78, 5) is 14.3. The maximum absolute atomic E-state index is 13.6. The van der Waals surface area contributed by atoms with E-state index in [2.05, 4.69) is 0 Å². The van der Waals surface area contributed by atoms with Crippen LogP contribution in [0.25, 0.3) is 0 Å². The lowest BCUT2D eigenvalue weighted by molar-refractivity contribution is 0.0718. The summed E-state index contributed by atoms with van der Waals surface area (Å²) < 4.78 is 13.6. The molecule has 0 atom stereocenters. The second-order valence-corrected chi connectivity index (χ2v) is 6.51. The fourth-order valence-corrected chi connectivity index (χ4v) is 3.56. The number of benzene rings is 1. The number of carbonyl (C=O) groups excluding carboxylic acids is 1. The number of fused-ring (bicyclic) bond motifs is 1. The number of aliphatic hydroxyl groups is 1. The molecule has 1 amide bonds. The Morgan fingerprint density at radius 3 is 2.57 bits per heavy atom. The molecule has 0 spiro atoms. The van der Waals surface area contributed by atoms with E-state index in [9.17, 15) is 14.3 Å². The number of carbonyl (C=O) groups is 1. The topological polar surface area (TPSA) is 40.5 Å². The number of rotatable bonds is 3. The number of hydrogen-bond acceptors (Lipinski definition) is 2. The molecule has 3 rings (SSSR count). The van der Waals surface area contributed by atoms with Crippen LogP contribution >= 0.6 is 0 Å². The molecule has 3 nitrogen and oxygen atoms in total. The highest BCUT2D eigenvalue weighted by molar-refractivity contribution is 5.98. The van der Waals surface area contributed by atoms with Gasteiger partial charge in [0.25, 0.3) is 5.91 Å². The molecule has 0 aromatic heterocycles. The Hall–Kier alpha value is -1.42. The van der Waals surface area contributed by atoms with E-state index in [4.69, 9.17) is 0 Å². The molecule has 1 aliphatic heterocycles. The minimum Gasteiger partial charge on any atom is -0.396 e. The van der Waals surface area contributed by atoms with Crippen molar-refractivity contribution >= 4 is 5.91 Å². The molecule has 114 valence electrons. The molecule has 1 N–H and O–H groups in total. The third-order valence-electron chi connectivity index (χ3n) is 4.97. The van der Waals surface area contributed by atoms with Crippen molar-refractivity contribution in [2.45, 2.75) is 39.2 Å². The average Bonchev–Trinajstić information content (AvgIpc) is 2.77. The van der Waals surface area contributed by atoms with Crippen LogP contribution in [-0.4, -0.2) is 29.1 Å². The highest BCUT2D eigenvalue weighted by atomic mass is 19.1.